The lowest BCUT2D eigenvalue weighted by Crippen LogP contribution is -1.98. The van der Waals surface area contributed by atoms with Crippen molar-refractivity contribution in [3.63, 3.8) is 0 Å². The van der Waals surface area contributed by atoms with E-state index in [-0.39, 0.29) is 0 Å². The molecular formula is C15H20N2O. The van der Waals surface area contributed by atoms with Gasteiger partial charge in [-0.2, -0.15) is 0 Å². The molecular weight excluding hydrogens is 224 g/mol. The third-order valence-electron chi connectivity index (χ3n) is 3.23. The van der Waals surface area contributed by atoms with Crippen molar-refractivity contribution in [2.75, 3.05) is 7.11 Å². The number of aromatic nitrogens is 1. The number of hydrogen-bond acceptors (Lipinski definition) is 2. The van der Waals surface area contributed by atoms with Crippen molar-refractivity contribution in [1.82, 2.24) is 4.98 Å². The van der Waals surface area contributed by atoms with Gasteiger partial charge in [0, 0.05) is 30.1 Å². The Morgan fingerprint density at radius 2 is 2.00 bits per heavy atom. The minimum absolute atomic E-state index is 0.495. The summed E-state index contributed by atoms with van der Waals surface area (Å²) in [6.07, 6.45) is 3.92. The first-order valence-corrected chi connectivity index (χ1v) is 6.21. The van der Waals surface area contributed by atoms with Crippen LogP contribution in [0, 0.1) is 0 Å². The van der Waals surface area contributed by atoms with Crippen LogP contribution in [-0.4, -0.2) is 12.1 Å². The van der Waals surface area contributed by atoms with E-state index >= 15 is 0 Å². The Labute approximate surface area is 108 Å². The molecule has 0 unspecified atom stereocenters. The molecule has 0 radical (unpaired) electrons. The van der Waals surface area contributed by atoms with Crippen LogP contribution in [0.2, 0.25) is 0 Å². The summed E-state index contributed by atoms with van der Waals surface area (Å²) < 4.78 is 5.45. The summed E-state index contributed by atoms with van der Waals surface area (Å²) in [4.78, 5) is 3.11. The molecule has 0 aliphatic carbocycles. The van der Waals surface area contributed by atoms with Crippen molar-refractivity contribution in [3.05, 3.63) is 41.7 Å². The molecule has 96 valence electrons. The number of benzene rings is 1. The van der Waals surface area contributed by atoms with Gasteiger partial charge in [-0.05, 0) is 29.2 Å². The summed E-state index contributed by atoms with van der Waals surface area (Å²) in [6.45, 7) is 4.90. The van der Waals surface area contributed by atoms with Crippen LogP contribution in [0.4, 0.5) is 0 Å². The van der Waals surface area contributed by atoms with Crippen molar-refractivity contribution >= 4 is 0 Å². The first kappa shape index (κ1) is 12.7. The molecule has 1 heterocycles. The lowest BCUT2D eigenvalue weighted by Gasteiger charge is -2.13. The monoisotopic (exact) mass is 244 g/mol. The van der Waals surface area contributed by atoms with Crippen molar-refractivity contribution in [3.8, 4) is 16.9 Å². The van der Waals surface area contributed by atoms with Gasteiger partial charge in [0.2, 0.25) is 0 Å². The molecule has 2 rings (SSSR count). The van der Waals surface area contributed by atoms with E-state index in [9.17, 15) is 0 Å². The van der Waals surface area contributed by atoms with E-state index in [1.165, 1.54) is 5.56 Å². The molecule has 2 aromatic rings. The SMILES string of the molecule is COc1ccc(C(C)C)cc1-c1c[nH]cc1CN. The second kappa shape index (κ2) is 5.27. The topological polar surface area (TPSA) is 51.0 Å². The number of rotatable bonds is 4. The minimum atomic E-state index is 0.495. The fraction of sp³-hybridized carbons (Fsp3) is 0.333. The summed E-state index contributed by atoms with van der Waals surface area (Å²) in [5, 5.41) is 0. The number of methoxy groups -OCH3 is 1. The number of nitrogens with two attached hydrogens (primary N) is 1. The maximum absolute atomic E-state index is 5.76. The molecule has 0 amide bonds. The summed E-state index contributed by atoms with van der Waals surface area (Å²) in [7, 11) is 1.70. The Hall–Kier alpha value is -1.74. The normalized spacial score (nSPS) is 10.9. The molecule has 3 N–H and O–H groups in total. The van der Waals surface area contributed by atoms with Crippen LogP contribution in [-0.2, 0) is 6.54 Å². The summed E-state index contributed by atoms with van der Waals surface area (Å²) in [6, 6.07) is 6.32. The predicted octanol–water partition coefficient (Wildman–Crippen LogP) is 3.27. The molecule has 0 atom stereocenters. The maximum atomic E-state index is 5.76. The van der Waals surface area contributed by atoms with E-state index in [1.54, 1.807) is 7.11 Å². The molecule has 0 spiro atoms. The molecule has 1 aromatic carbocycles. The number of hydrogen-bond donors (Lipinski definition) is 2. The first-order valence-electron chi connectivity index (χ1n) is 6.21. The van der Waals surface area contributed by atoms with E-state index in [0.717, 1.165) is 22.4 Å². The molecule has 3 heteroatoms. The Bertz CT molecular complexity index is 529. The van der Waals surface area contributed by atoms with Crippen LogP contribution >= 0.6 is 0 Å². The standard InChI is InChI=1S/C15H20N2O/c1-10(2)11-4-5-15(18-3)13(6-11)14-9-17-8-12(14)7-16/h4-6,8-10,17H,7,16H2,1-3H3. The molecule has 18 heavy (non-hydrogen) atoms. The quantitative estimate of drug-likeness (QED) is 0.867. The van der Waals surface area contributed by atoms with Crippen LogP contribution in [0.25, 0.3) is 11.1 Å². The zero-order valence-electron chi connectivity index (χ0n) is 11.2. The Morgan fingerprint density at radius 3 is 2.61 bits per heavy atom. The van der Waals surface area contributed by atoms with Gasteiger partial charge in [-0.15, -0.1) is 0 Å². The second-order valence-corrected chi connectivity index (χ2v) is 4.71. The van der Waals surface area contributed by atoms with Gasteiger partial charge in [0.15, 0.2) is 0 Å². The van der Waals surface area contributed by atoms with E-state index in [2.05, 4.69) is 31.0 Å². The van der Waals surface area contributed by atoms with E-state index in [1.807, 2.05) is 18.5 Å². The Balaban J connectivity index is 2.57. The number of nitrogens with one attached hydrogen (secondary N) is 1. The first-order chi connectivity index (χ1) is 8.67. The average Bonchev–Trinajstić information content (AvgIpc) is 2.85. The van der Waals surface area contributed by atoms with Gasteiger partial charge in [0.1, 0.15) is 5.75 Å². The van der Waals surface area contributed by atoms with Gasteiger partial charge < -0.3 is 15.5 Å². The van der Waals surface area contributed by atoms with Gasteiger partial charge in [0.05, 0.1) is 7.11 Å². The van der Waals surface area contributed by atoms with Gasteiger partial charge in [0.25, 0.3) is 0 Å². The van der Waals surface area contributed by atoms with Gasteiger partial charge >= 0.3 is 0 Å². The van der Waals surface area contributed by atoms with Crippen molar-refractivity contribution in [2.45, 2.75) is 26.3 Å². The van der Waals surface area contributed by atoms with Crippen molar-refractivity contribution in [2.24, 2.45) is 5.73 Å². The highest BCUT2D eigenvalue weighted by Gasteiger charge is 2.12. The highest BCUT2D eigenvalue weighted by Crippen LogP contribution is 2.34. The smallest absolute Gasteiger partial charge is 0.126 e. The third kappa shape index (κ3) is 2.27. The molecule has 0 fully saturated rings. The largest absolute Gasteiger partial charge is 0.496 e. The zero-order chi connectivity index (χ0) is 13.1. The van der Waals surface area contributed by atoms with Crippen LogP contribution in [0.5, 0.6) is 5.75 Å². The Kier molecular flexibility index (Phi) is 3.72. The van der Waals surface area contributed by atoms with Crippen LogP contribution in [0.1, 0.15) is 30.9 Å². The molecule has 0 saturated carbocycles. The predicted molar refractivity (Wildman–Crippen MR) is 74.8 cm³/mol. The molecule has 0 aliphatic rings. The fourth-order valence-corrected chi connectivity index (χ4v) is 2.11. The van der Waals surface area contributed by atoms with Gasteiger partial charge in [-0.25, -0.2) is 0 Å². The highest BCUT2D eigenvalue weighted by molar-refractivity contribution is 5.73. The Morgan fingerprint density at radius 1 is 1.22 bits per heavy atom. The molecule has 1 aromatic heterocycles. The van der Waals surface area contributed by atoms with E-state index in [4.69, 9.17) is 10.5 Å². The lowest BCUT2D eigenvalue weighted by atomic mass is 9.96. The van der Waals surface area contributed by atoms with Gasteiger partial charge in [-0.3, -0.25) is 0 Å². The summed E-state index contributed by atoms with van der Waals surface area (Å²) in [5.41, 5.74) is 10.4. The molecule has 0 bridgehead atoms. The summed E-state index contributed by atoms with van der Waals surface area (Å²) in [5.74, 6) is 1.38. The lowest BCUT2D eigenvalue weighted by molar-refractivity contribution is 0.416. The minimum Gasteiger partial charge on any atom is -0.496 e. The maximum Gasteiger partial charge on any atom is 0.126 e. The van der Waals surface area contributed by atoms with Gasteiger partial charge in [-0.1, -0.05) is 19.9 Å². The zero-order valence-corrected chi connectivity index (χ0v) is 11.2. The van der Waals surface area contributed by atoms with Crippen molar-refractivity contribution in [1.29, 1.82) is 0 Å². The van der Waals surface area contributed by atoms with Crippen LogP contribution in [0.15, 0.2) is 30.6 Å². The fourth-order valence-electron chi connectivity index (χ4n) is 2.11. The summed E-state index contributed by atoms with van der Waals surface area (Å²) >= 11 is 0. The van der Waals surface area contributed by atoms with Crippen LogP contribution in [0.3, 0.4) is 0 Å². The molecule has 0 aliphatic heterocycles. The second-order valence-electron chi connectivity index (χ2n) is 4.71. The highest BCUT2D eigenvalue weighted by atomic mass is 16.5. The van der Waals surface area contributed by atoms with Crippen molar-refractivity contribution < 1.29 is 4.74 Å². The third-order valence-corrected chi connectivity index (χ3v) is 3.23. The number of ether oxygens (including phenoxy) is 1. The number of H-pyrrole nitrogens is 1. The molecule has 0 saturated heterocycles. The van der Waals surface area contributed by atoms with E-state index < -0.39 is 0 Å². The number of aromatic amines is 1. The average molecular weight is 244 g/mol. The molecule has 3 nitrogen and oxygen atoms in total. The van der Waals surface area contributed by atoms with E-state index in [0.29, 0.717) is 12.5 Å². The van der Waals surface area contributed by atoms with Crippen LogP contribution < -0.4 is 10.5 Å².